The van der Waals surface area contributed by atoms with Crippen molar-refractivity contribution >= 4 is 5.82 Å². The third-order valence-electron chi connectivity index (χ3n) is 3.71. The summed E-state index contributed by atoms with van der Waals surface area (Å²) in [5.41, 5.74) is 1.20. The van der Waals surface area contributed by atoms with Crippen LogP contribution in [0.15, 0.2) is 48.7 Å². The van der Waals surface area contributed by atoms with Crippen LogP contribution in [0.5, 0.6) is 5.75 Å². The summed E-state index contributed by atoms with van der Waals surface area (Å²) in [6, 6.07) is 14.3. The fraction of sp³-hybridized carbons (Fsp3) is 0.353. The first-order valence-electron chi connectivity index (χ1n) is 7.20. The molecule has 3 heteroatoms. The van der Waals surface area contributed by atoms with Crippen molar-refractivity contribution in [1.29, 1.82) is 0 Å². The molecule has 2 aromatic rings. The Labute approximate surface area is 120 Å². The smallest absolute Gasteiger partial charge is 0.128 e. The van der Waals surface area contributed by atoms with Gasteiger partial charge >= 0.3 is 0 Å². The van der Waals surface area contributed by atoms with Gasteiger partial charge in [-0.1, -0.05) is 24.3 Å². The number of benzene rings is 1. The van der Waals surface area contributed by atoms with Crippen molar-refractivity contribution in [3.63, 3.8) is 0 Å². The fourth-order valence-electron chi connectivity index (χ4n) is 2.54. The molecule has 0 unspecified atom stereocenters. The summed E-state index contributed by atoms with van der Waals surface area (Å²) in [5.74, 6) is 2.05. The minimum absolute atomic E-state index is 0.319. The molecule has 1 aliphatic rings. The standard InChI is InChI=1S/C17H20N2O/c1-14-7-8-17(18-13-14)19-11-9-16(10-12-19)20-15-5-3-2-4-6-15/h2-8,13,16H,9-12H2,1H3. The third kappa shape index (κ3) is 3.10. The third-order valence-corrected chi connectivity index (χ3v) is 3.71. The van der Waals surface area contributed by atoms with E-state index in [1.165, 1.54) is 5.56 Å². The number of ether oxygens (including phenoxy) is 1. The molecule has 3 rings (SSSR count). The zero-order valence-electron chi connectivity index (χ0n) is 11.8. The van der Waals surface area contributed by atoms with Crippen LogP contribution in [0.3, 0.4) is 0 Å². The van der Waals surface area contributed by atoms with Crippen LogP contribution >= 0.6 is 0 Å². The van der Waals surface area contributed by atoms with Crippen molar-refractivity contribution in [3.05, 3.63) is 54.2 Å². The summed E-state index contributed by atoms with van der Waals surface area (Å²) in [6.45, 7) is 4.08. The van der Waals surface area contributed by atoms with Gasteiger partial charge in [-0.3, -0.25) is 0 Å². The second kappa shape index (κ2) is 5.95. The SMILES string of the molecule is Cc1ccc(N2CCC(Oc3ccccc3)CC2)nc1. The Morgan fingerprint density at radius 1 is 1.05 bits per heavy atom. The highest BCUT2D eigenvalue weighted by atomic mass is 16.5. The Balaban J connectivity index is 1.55. The van der Waals surface area contributed by atoms with Gasteiger partial charge < -0.3 is 9.64 Å². The van der Waals surface area contributed by atoms with E-state index in [9.17, 15) is 0 Å². The molecule has 0 atom stereocenters. The summed E-state index contributed by atoms with van der Waals surface area (Å²) in [7, 11) is 0. The molecule has 0 bridgehead atoms. The predicted octanol–water partition coefficient (Wildman–Crippen LogP) is 3.44. The molecule has 0 radical (unpaired) electrons. The number of piperidine rings is 1. The van der Waals surface area contributed by atoms with Crippen LogP contribution in [0.25, 0.3) is 0 Å². The minimum Gasteiger partial charge on any atom is -0.490 e. The second-order valence-electron chi connectivity index (χ2n) is 5.31. The lowest BCUT2D eigenvalue weighted by Crippen LogP contribution is -2.38. The van der Waals surface area contributed by atoms with Crippen molar-refractivity contribution in [2.45, 2.75) is 25.9 Å². The summed E-state index contributed by atoms with van der Waals surface area (Å²) >= 11 is 0. The number of aryl methyl sites for hydroxylation is 1. The molecule has 1 aromatic heterocycles. The summed E-state index contributed by atoms with van der Waals surface area (Å²) in [4.78, 5) is 6.83. The first-order chi connectivity index (χ1) is 9.81. The van der Waals surface area contributed by atoms with Gasteiger partial charge in [-0.25, -0.2) is 4.98 Å². The van der Waals surface area contributed by atoms with Crippen molar-refractivity contribution < 1.29 is 4.74 Å². The molecule has 1 fully saturated rings. The molecule has 0 N–H and O–H groups in total. The number of nitrogens with zero attached hydrogens (tertiary/aromatic N) is 2. The number of para-hydroxylation sites is 1. The first kappa shape index (κ1) is 13.0. The number of aromatic nitrogens is 1. The molecule has 1 saturated heterocycles. The molecule has 20 heavy (non-hydrogen) atoms. The largest absolute Gasteiger partial charge is 0.490 e. The maximum Gasteiger partial charge on any atom is 0.128 e. The highest BCUT2D eigenvalue weighted by Crippen LogP contribution is 2.21. The molecular formula is C17H20N2O. The lowest BCUT2D eigenvalue weighted by Gasteiger charge is -2.33. The van der Waals surface area contributed by atoms with Gasteiger partial charge in [0.1, 0.15) is 17.7 Å². The molecule has 1 aromatic carbocycles. The molecular weight excluding hydrogens is 248 g/mol. The number of pyridine rings is 1. The van der Waals surface area contributed by atoms with Crippen LogP contribution < -0.4 is 9.64 Å². The van der Waals surface area contributed by atoms with Gasteiger partial charge in [0, 0.05) is 32.1 Å². The predicted molar refractivity (Wildman–Crippen MR) is 81.3 cm³/mol. The van der Waals surface area contributed by atoms with Gasteiger partial charge in [-0.15, -0.1) is 0 Å². The van der Waals surface area contributed by atoms with Crippen molar-refractivity contribution in [2.24, 2.45) is 0 Å². The number of rotatable bonds is 3. The van der Waals surface area contributed by atoms with Gasteiger partial charge in [0.05, 0.1) is 0 Å². The molecule has 3 nitrogen and oxygen atoms in total. The second-order valence-corrected chi connectivity index (χ2v) is 5.31. The van der Waals surface area contributed by atoms with E-state index >= 15 is 0 Å². The average molecular weight is 268 g/mol. The van der Waals surface area contributed by atoms with Gasteiger partial charge in [0.15, 0.2) is 0 Å². The minimum atomic E-state index is 0.319. The number of hydrogen-bond acceptors (Lipinski definition) is 3. The highest BCUT2D eigenvalue weighted by molar-refractivity contribution is 5.39. The zero-order valence-corrected chi connectivity index (χ0v) is 11.8. The Kier molecular flexibility index (Phi) is 3.86. The van der Waals surface area contributed by atoms with E-state index < -0.39 is 0 Å². The number of anilines is 1. The molecule has 0 aliphatic carbocycles. The Morgan fingerprint density at radius 2 is 1.80 bits per heavy atom. The molecule has 0 amide bonds. The first-order valence-corrected chi connectivity index (χ1v) is 7.20. The maximum atomic E-state index is 6.01. The summed E-state index contributed by atoms with van der Waals surface area (Å²) in [5, 5.41) is 0. The summed E-state index contributed by atoms with van der Waals surface area (Å²) in [6.07, 6.45) is 4.34. The van der Waals surface area contributed by atoms with Crippen LogP contribution in [-0.2, 0) is 0 Å². The van der Waals surface area contributed by atoms with Crippen molar-refractivity contribution in [3.8, 4) is 5.75 Å². The molecule has 104 valence electrons. The Morgan fingerprint density at radius 3 is 2.45 bits per heavy atom. The lowest BCUT2D eigenvalue weighted by atomic mass is 10.1. The topological polar surface area (TPSA) is 25.4 Å². The number of hydrogen-bond donors (Lipinski definition) is 0. The average Bonchev–Trinajstić information content (AvgIpc) is 2.50. The van der Waals surface area contributed by atoms with Gasteiger partial charge in [0.25, 0.3) is 0 Å². The van der Waals surface area contributed by atoms with Crippen LogP contribution in [0, 0.1) is 6.92 Å². The quantitative estimate of drug-likeness (QED) is 0.852. The van der Waals surface area contributed by atoms with Crippen molar-refractivity contribution in [1.82, 2.24) is 4.98 Å². The van der Waals surface area contributed by atoms with Crippen molar-refractivity contribution in [2.75, 3.05) is 18.0 Å². The lowest BCUT2D eigenvalue weighted by molar-refractivity contribution is 0.170. The Hall–Kier alpha value is -2.03. The van der Waals surface area contributed by atoms with E-state index in [1.807, 2.05) is 36.5 Å². The van der Waals surface area contributed by atoms with E-state index in [1.54, 1.807) is 0 Å². The van der Waals surface area contributed by atoms with E-state index in [2.05, 4.69) is 28.9 Å². The van der Waals surface area contributed by atoms with Gasteiger partial charge in [0.2, 0.25) is 0 Å². The molecule has 0 spiro atoms. The van der Waals surface area contributed by atoms with Crippen LogP contribution in [-0.4, -0.2) is 24.2 Å². The van der Waals surface area contributed by atoms with E-state index in [-0.39, 0.29) is 0 Å². The fourth-order valence-corrected chi connectivity index (χ4v) is 2.54. The zero-order chi connectivity index (χ0) is 13.8. The van der Waals surface area contributed by atoms with Crippen LogP contribution in [0.1, 0.15) is 18.4 Å². The molecule has 0 saturated carbocycles. The van der Waals surface area contributed by atoms with E-state index in [0.29, 0.717) is 6.10 Å². The van der Waals surface area contributed by atoms with Crippen LogP contribution in [0.4, 0.5) is 5.82 Å². The maximum absolute atomic E-state index is 6.01. The Bertz CT molecular complexity index is 531. The molecule has 1 aliphatic heterocycles. The summed E-state index contributed by atoms with van der Waals surface area (Å²) < 4.78 is 6.01. The normalized spacial score (nSPS) is 16.1. The molecule has 2 heterocycles. The van der Waals surface area contributed by atoms with Gasteiger partial charge in [-0.2, -0.15) is 0 Å². The van der Waals surface area contributed by atoms with Gasteiger partial charge in [-0.05, 0) is 30.7 Å². The van der Waals surface area contributed by atoms with E-state index in [4.69, 9.17) is 4.74 Å². The van der Waals surface area contributed by atoms with E-state index in [0.717, 1.165) is 37.5 Å². The van der Waals surface area contributed by atoms with Crippen LogP contribution in [0.2, 0.25) is 0 Å². The highest BCUT2D eigenvalue weighted by Gasteiger charge is 2.21. The monoisotopic (exact) mass is 268 g/mol.